The molecular weight excluding hydrogens is 284 g/mol. The molecule has 6 nitrogen and oxygen atoms in total. The highest BCUT2D eigenvalue weighted by molar-refractivity contribution is 5.95. The molecule has 0 aliphatic heterocycles. The van der Waals surface area contributed by atoms with Gasteiger partial charge in [-0.2, -0.15) is 0 Å². The molecule has 0 aromatic heterocycles. The molecule has 1 amide bonds. The monoisotopic (exact) mass is 302 g/mol. The van der Waals surface area contributed by atoms with E-state index in [9.17, 15) is 15.0 Å². The number of nitrogens with one attached hydrogen (secondary N) is 1. The molecule has 0 atom stereocenters. The molecule has 0 aliphatic carbocycles. The van der Waals surface area contributed by atoms with Gasteiger partial charge in [0, 0.05) is 12.1 Å². The molecule has 0 unspecified atom stereocenters. The van der Waals surface area contributed by atoms with Gasteiger partial charge in [0.25, 0.3) is 5.91 Å². The Morgan fingerprint density at radius 1 is 1.18 bits per heavy atom. The Hall–Kier alpha value is -2.89. The number of carbonyl (C=O) groups is 1. The molecule has 2 rings (SSSR count). The Bertz CT molecular complexity index is 686. The number of hydrogen-bond acceptors (Lipinski definition) is 5. The number of aromatic hydroxyl groups is 2. The van der Waals surface area contributed by atoms with Crippen molar-refractivity contribution >= 4 is 11.6 Å². The van der Waals surface area contributed by atoms with E-state index in [4.69, 9.17) is 10.5 Å². The highest BCUT2D eigenvalue weighted by Gasteiger charge is 2.08. The number of nitrogens with two attached hydrogens (primary N) is 1. The van der Waals surface area contributed by atoms with Crippen molar-refractivity contribution < 1.29 is 19.7 Å². The standard InChI is InChI=1S/C16H18N2O4/c1-22-15-9-11(3-4-12(15)17)16(21)18-7-6-10-2-5-13(19)14(20)8-10/h2-5,8-9,19-20H,6-7,17H2,1H3,(H,18,21). The van der Waals surface area contributed by atoms with Crippen LogP contribution in [0.4, 0.5) is 5.69 Å². The number of methoxy groups -OCH3 is 1. The minimum atomic E-state index is -0.235. The Morgan fingerprint density at radius 2 is 1.95 bits per heavy atom. The molecule has 0 fully saturated rings. The Labute approximate surface area is 128 Å². The highest BCUT2D eigenvalue weighted by atomic mass is 16.5. The second kappa shape index (κ2) is 6.71. The molecule has 2 aromatic rings. The number of amides is 1. The van der Waals surface area contributed by atoms with E-state index in [1.54, 1.807) is 24.3 Å². The Kier molecular flexibility index (Phi) is 4.73. The van der Waals surface area contributed by atoms with Crippen LogP contribution in [0.2, 0.25) is 0 Å². The first-order chi connectivity index (χ1) is 10.5. The quantitative estimate of drug-likeness (QED) is 0.496. The number of anilines is 1. The van der Waals surface area contributed by atoms with Crippen LogP contribution in [0.1, 0.15) is 15.9 Å². The topological polar surface area (TPSA) is 105 Å². The molecule has 0 heterocycles. The zero-order valence-corrected chi connectivity index (χ0v) is 12.2. The van der Waals surface area contributed by atoms with Crippen molar-refractivity contribution in [2.75, 3.05) is 19.4 Å². The number of hydrogen-bond donors (Lipinski definition) is 4. The minimum Gasteiger partial charge on any atom is -0.504 e. The maximum absolute atomic E-state index is 12.0. The molecule has 0 aliphatic rings. The van der Waals surface area contributed by atoms with Gasteiger partial charge in [-0.3, -0.25) is 4.79 Å². The van der Waals surface area contributed by atoms with Crippen molar-refractivity contribution in [3.63, 3.8) is 0 Å². The summed E-state index contributed by atoms with van der Waals surface area (Å²) < 4.78 is 5.08. The van der Waals surface area contributed by atoms with Crippen LogP contribution in [-0.4, -0.2) is 29.8 Å². The van der Waals surface area contributed by atoms with Crippen LogP contribution in [0, 0.1) is 0 Å². The molecule has 2 aromatic carbocycles. The first kappa shape index (κ1) is 15.5. The molecule has 22 heavy (non-hydrogen) atoms. The fourth-order valence-corrected chi connectivity index (χ4v) is 2.00. The summed E-state index contributed by atoms with van der Waals surface area (Å²) in [6.07, 6.45) is 0.533. The molecule has 0 spiro atoms. The maximum atomic E-state index is 12.0. The van der Waals surface area contributed by atoms with Crippen molar-refractivity contribution in [3.05, 3.63) is 47.5 Å². The van der Waals surface area contributed by atoms with Crippen LogP contribution in [0.25, 0.3) is 0 Å². The van der Waals surface area contributed by atoms with Crippen molar-refractivity contribution in [1.29, 1.82) is 0 Å². The molecular formula is C16H18N2O4. The zero-order valence-electron chi connectivity index (χ0n) is 12.2. The predicted molar refractivity (Wildman–Crippen MR) is 83.2 cm³/mol. The summed E-state index contributed by atoms with van der Waals surface area (Å²) >= 11 is 0. The summed E-state index contributed by atoms with van der Waals surface area (Å²) in [6, 6.07) is 9.39. The van der Waals surface area contributed by atoms with E-state index >= 15 is 0 Å². The van der Waals surface area contributed by atoms with E-state index in [0.29, 0.717) is 30.0 Å². The number of nitrogen functional groups attached to an aromatic ring is 1. The van der Waals surface area contributed by atoms with E-state index in [1.165, 1.54) is 19.2 Å². The number of ether oxygens (including phenoxy) is 1. The van der Waals surface area contributed by atoms with Crippen molar-refractivity contribution in [2.24, 2.45) is 0 Å². The lowest BCUT2D eigenvalue weighted by Gasteiger charge is -2.09. The smallest absolute Gasteiger partial charge is 0.251 e. The molecule has 0 saturated heterocycles. The number of phenolic OH excluding ortho intramolecular Hbond substituents is 2. The van der Waals surface area contributed by atoms with Crippen LogP contribution in [0.5, 0.6) is 17.2 Å². The van der Waals surface area contributed by atoms with Gasteiger partial charge in [0.1, 0.15) is 5.75 Å². The first-order valence-electron chi connectivity index (χ1n) is 6.74. The fraction of sp³-hybridized carbons (Fsp3) is 0.188. The van der Waals surface area contributed by atoms with Crippen LogP contribution < -0.4 is 15.8 Å². The van der Waals surface area contributed by atoms with Gasteiger partial charge in [0.15, 0.2) is 11.5 Å². The van der Waals surface area contributed by atoms with E-state index in [2.05, 4.69) is 5.32 Å². The summed E-state index contributed by atoms with van der Waals surface area (Å²) in [7, 11) is 1.49. The SMILES string of the molecule is COc1cc(C(=O)NCCc2ccc(O)c(O)c2)ccc1N. The Morgan fingerprint density at radius 3 is 2.64 bits per heavy atom. The van der Waals surface area contributed by atoms with Crippen LogP contribution in [-0.2, 0) is 6.42 Å². The number of phenols is 2. The lowest BCUT2D eigenvalue weighted by Crippen LogP contribution is -2.25. The minimum absolute atomic E-state index is 0.165. The molecule has 6 heteroatoms. The van der Waals surface area contributed by atoms with Gasteiger partial charge in [-0.15, -0.1) is 0 Å². The second-order valence-corrected chi connectivity index (χ2v) is 4.79. The summed E-state index contributed by atoms with van der Waals surface area (Å²) in [5.41, 5.74) is 7.44. The second-order valence-electron chi connectivity index (χ2n) is 4.79. The summed E-state index contributed by atoms with van der Waals surface area (Å²) in [6.45, 7) is 0.399. The average molecular weight is 302 g/mol. The van der Waals surface area contributed by atoms with Crippen LogP contribution in [0.3, 0.4) is 0 Å². The molecule has 0 radical (unpaired) electrons. The average Bonchev–Trinajstić information content (AvgIpc) is 2.51. The third-order valence-corrected chi connectivity index (χ3v) is 3.23. The van der Waals surface area contributed by atoms with E-state index < -0.39 is 0 Å². The first-order valence-corrected chi connectivity index (χ1v) is 6.74. The summed E-state index contributed by atoms with van der Waals surface area (Å²) in [4.78, 5) is 12.0. The van der Waals surface area contributed by atoms with Crippen molar-refractivity contribution in [2.45, 2.75) is 6.42 Å². The molecule has 5 N–H and O–H groups in total. The molecule has 0 bridgehead atoms. The fourth-order valence-electron chi connectivity index (χ4n) is 2.00. The largest absolute Gasteiger partial charge is 0.504 e. The zero-order chi connectivity index (χ0) is 16.1. The van der Waals surface area contributed by atoms with Crippen LogP contribution >= 0.6 is 0 Å². The molecule has 0 saturated carbocycles. The van der Waals surface area contributed by atoms with Crippen molar-refractivity contribution in [3.8, 4) is 17.2 Å². The van der Waals surface area contributed by atoms with Crippen LogP contribution in [0.15, 0.2) is 36.4 Å². The normalized spacial score (nSPS) is 10.2. The number of carbonyl (C=O) groups excluding carboxylic acids is 1. The molecule has 116 valence electrons. The summed E-state index contributed by atoms with van der Waals surface area (Å²) in [5.74, 6) is -0.119. The lowest BCUT2D eigenvalue weighted by atomic mass is 10.1. The van der Waals surface area contributed by atoms with E-state index in [1.807, 2.05) is 0 Å². The van der Waals surface area contributed by atoms with Gasteiger partial charge in [-0.1, -0.05) is 6.07 Å². The van der Waals surface area contributed by atoms with Gasteiger partial charge in [-0.05, 0) is 42.3 Å². The van der Waals surface area contributed by atoms with Gasteiger partial charge >= 0.3 is 0 Å². The maximum Gasteiger partial charge on any atom is 0.251 e. The van der Waals surface area contributed by atoms with Gasteiger partial charge < -0.3 is 26.0 Å². The number of benzene rings is 2. The lowest BCUT2D eigenvalue weighted by molar-refractivity contribution is 0.0954. The van der Waals surface area contributed by atoms with Crippen molar-refractivity contribution in [1.82, 2.24) is 5.32 Å². The third-order valence-electron chi connectivity index (χ3n) is 3.23. The van der Waals surface area contributed by atoms with E-state index in [-0.39, 0.29) is 17.4 Å². The van der Waals surface area contributed by atoms with Gasteiger partial charge in [-0.25, -0.2) is 0 Å². The Balaban J connectivity index is 1.94. The van der Waals surface area contributed by atoms with Gasteiger partial charge in [0.2, 0.25) is 0 Å². The van der Waals surface area contributed by atoms with Gasteiger partial charge in [0.05, 0.1) is 12.8 Å². The third kappa shape index (κ3) is 3.60. The van der Waals surface area contributed by atoms with E-state index in [0.717, 1.165) is 5.56 Å². The predicted octanol–water partition coefficient (Wildman–Crippen LogP) is 1.66. The number of rotatable bonds is 5. The summed E-state index contributed by atoms with van der Waals surface area (Å²) in [5, 5.41) is 21.4. The highest BCUT2D eigenvalue weighted by Crippen LogP contribution is 2.25.